The Morgan fingerprint density at radius 2 is 1.50 bits per heavy atom. The van der Waals surface area contributed by atoms with Crippen LogP contribution in [0.1, 0.15) is 42.4 Å². The Hall–Kier alpha value is -4.98. The van der Waals surface area contributed by atoms with Gasteiger partial charge in [-0.15, -0.1) is 0 Å². The summed E-state index contributed by atoms with van der Waals surface area (Å²) in [6.45, 7) is 2.07. The molecule has 1 heterocycles. The van der Waals surface area contributed by atoms with Crippen molar-refractivity contribution in [2.24, 2.45) is 23.7 Å². The molecule has 0 bridgehead atoms. The molecule has 3 aromatic carbocycles. The number of fused-ring (bicyclic) bond motifs is 4. The molecule has 3 aromatic rings. The number of nitrogens with zero attached hydrogens (tertiary/aromatic N) is 1. The number of Topliss-reactive ketones (excluding diaryl/α,β-unsaturated/α-hetero) is 1. The Morgan fingerprint density at radius 1 is 0.870 bits per heavy atom. The van der Waals surface area contributed by atoms with E-state index in [2.05, 4.69) is 0 Å². The summed E-state index contributed by atoms with van der Waals surface area (Å²) in [5, 5.41) is 10.9. The summed E-state index contributed by atoms with van der Waals surface area (Å²) in [7, 11) is 2.88. The highest BCUT2D eigenvalue weighted by atomic mass is 16.5. The van der Waals surface area contributed by atoms with Gasteiger partial charge in [0.25, 0.3) is 0 Å². The van der Waals surface area contributed by atoms with Crippen LogP contribution in [0.5, 0.6) is 17.2 Å². The Labute approximate surface area is 267 Å². The number of aromatic hydroxyl groups is 1. The topological polar surface area (TPSA) is 110 Å². The van der Waals surface area contributed by atoms with Crippen LogP contribution in [0.2, 0.25) is 0 Å². The predicted octanol–water partition coefficient (Wildman–Crippen LogP) is 5.25. The second-order valence-corrected chi connectivity index (χ2v) is 12.5. The van der Waals surface area contributed by atoms with Crippen LogP contribution in [-0.4, -0.2) is 54.2 Å². The van der Waals surface area contributed by atoms with Crippen molar-refractivity contribution in [2.75, 3.05) is 20.8 Å². The van der Waals surface area contributed by atoms with Crippen LogP contribution in [0.3, 0.4) is 0 Å². The van der Waals surface area contributed by atoms with Crippen molar-refractivity contribution in [2.45, 2.75) is 31.1 Å². The number of likely N-dealkylation sites (tertiary alicyclic amines) is 1. The van der Waals surface area contributed by atoms with Crippen molar-refractivity contribution >= 4 is 29.0 Å². The lowest BCUT2D eigenvalue weighted by atomic mass is 9.44. The zero-order valence-corrected chi connectivity index (χ0v) is 25.9. The summed E-state index contributed by atoms with van der Waals surface area (Å²) < 4.78 is 11.1. The normalized spacial score (nSPS) is 28.6. The molecule has 46 heavy (non-hydrogen) atoms. The van der Waals surface area contributed by atoms with E-state index in [1.54, 1.807) is 19.1 Å². The van der Waals surface area contributed by atoms with Gasteiger partial charge in [-0.25, -0.2) is 0 Å². The van der Waals surface area contributed by atoms with Gasteiger partial charge in [-0.3, -0.25) is 24.1 Å². The average molecular weight is 618 g/mol. The van der Waals surface area contributed by atoms with Gasteiger partial charge in [-0.2, -0.15) is 0 Å². The summed E-state index contributed by atoms with van der Waals surface area (Å²) >= 11 is 0. The fraction of sp³-hybridized carbons (Fsp3) is 0.316. The summed E-state index contributed by atoms with van der Waals surface area (Å²) in [5.74, 6) is -3.88. The quantitative estimate of drug-likeness (QED) is 0.297. The maximum Gasteiger partial charge on any atom is 0.233 e. The van der Waals surface area contributed by atoms with E-state index in [-0.39, 0.29) is 53.6 Å². The fourth-order valence-electron chi connectivity index (χ4n) is 8.71. The van der Waals surface area contributed by atoms with E-state index in [9.17, 15) is 19.5 Å². The van der Waals surface area contributed by atoms with Gasteiger partial charge >= 0.3 is 0 Å². The highest BCUT2D eigenvalue weighted by Crippen LogP contribution is 2.64. The molecule has 1 saturated heterocycles. The molecule has 234 valence electrons. The Kier molecular flexibility index (Phi) is 7.18. The number of ether oxygens (including phenoxy) is 2. The zero-order chi connectivity index (χ0) is 32.3. The second-order valence-electron chi connectivity index (χ2n) is 12.5. The monoisotopic (exact) mass is 617 g/mol. The first-order valence-corrected chi connectivity index (χ1v) is 15.7. The van der Waals surface area contributed by atoms with Gasteiger partial charge < -0.3 is 14.6 Å². The van der Waals surface area contributed by atoms with Crippen LogP contribution in [0.15, 0.2) is 90.5 Å². The van der Waals surface area contributed by atoms with Gasteiger partial charge in [0.05, 0.1) is 31.5 Å². The van der Waals surface area contributed by atoms with Crippen molar-refractivity contribution in [3.63, 3.8) is 0 Å². The zero-order valence-electron chi connectivity index (χ0n) is 25.9. The largest absolute Gasteiger partial charge is 0.502 e. The van der Waals surface area contributed by atoms with Crippen LogP contribution in [-0.2, 0) is 24.6 Å². The molecular weight excluding hydrogens is 582 g/mol. The van der Waals surface area contributed by atoms with Gasteiger partial charge in [0.15, 0.2) is 23.1 Å². The van der Waals surface area contributed by atoms with Gasteiger partial charge in [0.1, 0.15) is 0 Å². The lowest BCUT2D eigenvalue weighted by Gasteiger charge is -2.55. The Morgan fingerprint density at radius 3 is 2.11 bits per heavy atom. The smallest absolute Gasteiger partial charge is 0.233 e. The van der Waals surface area contributed by atoms with Crippen molar-refractivity contribution in [1.82, 2.24) is 4.90 Å². The van der Waals surface area contributed by atoms with E-state index in [1.807, 2.05) is 66.7 Å². The third-order valence-electron chi connectivity index (χ3n) is 10.6. The highest BCUT2D eigenvalue weighted by molar-refractivity contribution is 6.31. The third kappa shape index (κ3) is 4.05. The van der Waals surface area contributed by atoms with E-state index < -0.39 is 35.0 Å². The van der Waals surface area contributed by atoms with Gasteiger partial charge in [-0.05, 0) is 60.6 Å². The number of amides is 2. The molecule has 6 atom stereocenters. The molecule has 1 aliphatic heterocycles. The van der Waals surface area contributed by atoms with Crippen molar-refractivity contribution in [1.29, 1.82) is 0 Å². The van der Waals surface area contributed by atoms with Crippen molar-refractivity contribution in [3.05, 3.63) is 107 Å². The van der Waals surface area contributed by atoms with Crippen LogP contribution in [0.25, 0.3) is 5.57 Å². The van der Waals surface area contributed by atoms with Gasteiger partial charge in [-0.1, -0.05) is 72.3 Å². The maximum absolute atomic E-state index is 15.1. The molecule has 4 aliphatic rings. The van der Waals surface area contributed by atoms with E-state index in [0.29, 0.717) is 28.7 Å². The number of imide groups is 1. The molecule has 3 aliphatic carbocycles. The van der Waals surface area contributed by atoms with E-state index >= 15 is 4.79 Å². The molecule has 0 radical (unpaired) electrons. The Bertz CT molecular complexity index is 1800. The number of benzene rings is 3. The molecule has 1 saturated carbocycles. The number of hydrogen-bond donors (Lipinski definition) is 1. The molecule has 6 unspecified atom stereocenters. The SMILES string of the molecule is CCN1C(=O)C2CC=C3C(CC4C(=O)C(c5ccccc5)=CC(=O)C4(c4ccccc4)C3c3cc(OC)c(O)c(OC)c3)C2C1=O. The second kappa shape index (κ2) is 11.1. The van der Waals surface area contributed by atoms with Crippen LogP contribution in [0.4, 0.5) is 0 Å². The minimum Gasteiger partial charge on any atom is -0.502 e. The number of carbonyl (C=O) groups excluding carboxylic acids is 4. The lowest BCUT2D eigenvalue weighted by Crippen LogP contribution is -2.58. The molecule has 2 fully saturated rings. The maximum atomic E-state index is 15.1. The minimum absolute atomic E-state index is 0.157. The fourth-order valence-corrected chi connectivity index (χ4v) is 8.71. The van der Waals surface area contributed by atoms with Gasteiger partial charge in [0.2, 0.25) is 17.6 Å². The number of phenols is 1. The predicted molar refractivity (Wildman–Crippen MR) is 170 cm³/mol. The molecule has 0 spiro atoms. The number of phenolic OH excluding ortho intramolecular Hbond substituents is 1. The molecular formula is C38H35NO7. The average Bonchev–Trinajstić information content (AvgIpc) is 3.34. The van der Waals surface area contributed by atoms with E-state index in [4.69, 9.17) is 9.47 Å². The number of hydrogen-bond acceptors (Lipinski definition) is 7. The number of allylic oxidation sites excluding steroid dienone is 4. The van der Waals surface area contributed by atoms with Crippen LogP contribution >= 0.6 is 0 Å². The lowest BCUT2D eigenvalue weighted by molar-refractivity contribution is -0.140. The third-order valence-corrected chi connectivity index (χ3v) is 10.6. The molecule has 1 N–H and O–H groups in total. The molecule has 8 nitrogen and oxygen atoms in total. The van der Waals surface area contributed by atoms with Crippen LogP contribution in [0, 0.1) is 23.7 Å². The first-order valence-electron chi connectivity index (χ1n) is 15.7. The van der Waals surface area contributed by atoms with E-state index in [1.165, 1.54) is 25.2 Å². The number of carbonyl (C=O) groups is 4. The van der Waals surface area contributed by atoms with Crippen molar-refractivity contribution in [3.8, 4) is 17.2 Å². The number of rotatable bonds is 6. The summed E-state index contributed by atoms with van der Waals surface area (Å²) in [6.07, 6.45) is 4.08. The number of ketones is 2. The minimum atomic E-state index is -1.38. The first kappa shape index (κ1) is 29.7. The highest BCUT2D eigenvalue weighted by Gasteiger charge is 2.65. The summed E-state index contributed by atoms with van der Waals surface area (Å²) in [5.41, 5.74) is 1.74. The standard InChI is InChI=1S/C38H35NO7/c1-4-39-36(43)25-16-15-24-27(32(25)37(39)44)19-28-34(41)26(21-11-7-5-8-12-21)20-31(40)38(28,23-13-9-6-10-14-23)33(24)22-17-29(45-2)35(42)30(18-22)46-3/h5-15,17-18,20,25,27-28,32-33,42H,4,16,19H2,1-3H3. The molecule has 0 aromatic heterocycles. The van der Waals surface area contributed by atoms with Gasteiger partial charge in [0, 0.05) is 24.0 Å². The van der Waals surface area contributed by atoms with E-state index in [0.717, 1.165) is 5.57 Å². The molecule has 7 rings (SSSR count). The number of methoxy groups -OCH3 is 2. The Balaban J connectivity index is 1.54. The molecule has 2 amide bonds. The van der Waals surface area contributed by atoms with Crippen molar-refractivity contribution < 1.29 is 33.8 Å². The molecule has 8 heteroatoms. The summed E-state index contributed by atoms with van der Waals surface area (Å²) in [4.78, 5) is 58.6. The first-order chi connectivity index (χ1) is 22.3. The van der Waals surface area contributed by atoms with Crippen LogP contribution < -0.4 is 9.47 Å². The summed E-state index contributed by atoms with van der Waals surface area (Å²) in [6, 6.07) is 21.9.